The molecule has 0 bridgehead atoms. The highest BCUT2D eigenvalue weighted by Gasteiger charge is 1.99. The smallest absolute Gasteiger partial charge is 0.0995 e. The third-order valence-electron chi connectivity index (χ3n) is 2.72. The van der Waals surface area contributed by atoms with Crippen molar-refractivity contribution in [3.05, 3.63) is 35.4 Å². The van der Waals surface area contributed by atoms with E-state index >= 15 is 0 Å². The molecule has 0 spiro atoms. The van der Waals surface area contributed by atoms with Crippen LogP contribution < -0.4 is 5.32 Å². The van der Waals surface area contributed by atoms with Crippen molar-refractivity contribution in [2.75, 3.05) is 19.8 Å². The van der Waals surface area contributed by atoms with Crippen LogP contribution in [-0.4, -0.2) is 19.8 Å². The van der Waals surface area contributed by atoms with Crippen molar-refractivity contribution in [2.24, 2.45) is 5.92 Å². The number of nitrogens with one attached hydrogen (secondary N) is 1. The highest BCUT2D eigenvalue weighted by molar-refractivity contribution is 5.37. The lowest BCUT2D eigenvalue weighted by Gasteiger charge is -2.08. The zero-order valence-electron chi connectivity index (χ0n) is 11.3. The summed E-state index contributed by atoms with van der Waals surface area (Å²) in [7, 11) is 0. The first kappa shape index (κ1) is 14.7. The first-order valence-corrected chi connectivity index (χ1v) is 6.50. The maximum Gasteiger partial charge on any atom is 0.0995 e. The Kier molecular flexibility index (Phi) is 7.09. The minimum Gasteiger partial charge on any atom is -0.380 e. The predicted octanol–water partition coefficient (Wildman–Crippen LogP) is 2.71. The Hall–Kier alpha value is -1.37. The SMILES string of the molecule is CC(C)CCOCCNCc1ccccc1C#N. The fourth-order valence-electron chi connectivity index (χ4n) is 1.57. The van der Waals surface area contributed by atoms with E-state index < -0.39 is 0 Å². The van der Waals surface area contributed by atoms with E-state index in [2.05, 4.69) is 25.2 Å². The number of hydrogen-bond donors (Lipinski definition) is 1. The number of hydrogen-bond acceptors (Lipinski definition) is 3. The summed E-state index contributed by atoms with van der Waals surface area (Å²) in [4.78, 5) is 0. The molecule has 0 heterocycles. The van der Waals surface area contributed by atoms with Gasteiger partial charge in [-0.05, 0) is 24.0 Å². The number of rotatable bonds is 8. The lowest BCUT2D eigenvalue weighted by molar-refractivity contribution is 0.125. The summed E-state index contributed by atoms with van der Waals surface area (Å²) in [5, 5.41) is 12.2. The normalized spacial score (nSPS) is 10.6. The van der Waals surface area contributed by atoms with Gasteiger partial charge in [0.25, 0.3) is 0 Å². The maximum atomic E-state index is 8.94. The lowest BCUT2D eigenvalue weighted by Crippen LogP contribution is -2.20. The van der Waals surface area contributed by atoms with Crippen LogP contribution in [0.2, 0.25) is 0 Å². The Bertz CT molecular complexity index is 382. The third-order valence-corrected chi connectivity index (χ3v) is 2.72. The highest BCUT2D eigenvalue weighted by Crippen LogP contribution is 2.06. The zero-order valence-corrected chi connectivity index (χ0v) is 11.3. The first-order chi connectivity index (χ1) is 8.74. The summed E-state index contributed by atoms with van der Waals surface area (Å²) in [5.74, 6) is 0.695. The molecule has 0 fully saturated rings. The summed E-state index contributed by atoms with van der Waals surface area (Å²) < 4.78 is 5.51. The van der Waals surface area contributed by atoms with Crippen molar-refractivity contribution in [2.45, 2.75) is 26.8 Å². The quantitative estimate of drug-likeness (QED) is 0.717. The van der Waals surface area contributed by atoms with Gasteiger partial charge in [-0.1, -0.05) is 32.0 Å². The molecule has 0 amide bonds. The van der Waals surface area contributed by atoms with E-state index in [0.717, 1.165) is 43.9 Å². The molecule has 0 aliphatic rings. The largest absolute Gasteiger partial charge is 0.380 e. The van der Waals surface area contributed by atoms with Gasteiger partial charge < -0.3 is 10.1 Å². The molecule has 0 atom stereocenters. The Morgan fingerprint density at radius 3 is 2.78 bits per heavy atom. The van der Waals surface area contributed by atoms with E-state index in [0.29, 0.717) is 5.92 Å². The maximum absolute atomic E-state index is 8.94. The van der Waals surface area contributed by atoms with Gasteiger partial charge in [-0.25, -0.2) is 0 Å². The topological polar surface area (TPSA) is 45.0 Å². The van der Waals surface area contributed by atoms with Crippen molar-refractivity contribution in [1.82, 2.24) is 5.32 Å². The summed E-state index contributed by atoms with van der Waals surface area (Å²) in [5.41, 5.74) is 1.79. The fourth-order valence-corrected chi connectivity index (χ4v) is 1.57. The van der Waals surface area contributed by atoms with E-state index in [1.165, 1.54) is 0 Å². The van der Waals surface area contributed by atoms with Crippen LogP contribution in [0.4, 0.5) is 0 Å². The van der Waals surface area contributed by atoms with E-state index in [1.54, 1.807) is 0 Å². The van der Waals surface area contributed by atoms with Gasteiger partial charge in [-0.3, -0.25) is 0 Å². The molecule has 1 aromatic carbocycles. The Labute approximate surface area is 110 Å². The van der Waals surface area contributed by atoms with Gasteiger partial charge in [0.05, 0.1) is 18.2 Å². The molecule has 3 heteroatoms. The Balaban J connectivity index is 2.13. The Morgan fingerprint density at radius 2 is 2.06 bits per heavy atom. The Morgan fingerprint density at radius 1 is 1.28 bits per heavy atom. The summed E-state index contributed by atoms with van der Waals surface area (Å²) >= 11 is 0. The average Bonchev–Trinajstić information content (AvgIpc) is 2.37. The predicted molar refractivity (Wildman–Crippen MR) is 73.1 cm³/mol. The van der Waals surface area contributed by atoms with Gasteiger partial charge >= 0.3 is 0 Å². The molecule has 1 rings (SSSR count). The van der Waals surface area contributed by atoms with Gasteiger partial charge in [-0.2, -0.15) is 5.26 Å². The van der Waals surface area contributed by atoms with Crippen molar-refractivity contribution in [3.8, 4) is 6.07 Å². The van der Waals surface area contributed by atoms with Gasteiger partial charge in [0, 0.05) is 19.7 Å². The minimum atomic E-state index is 0.695. The van der Waals surface area contributed by atoms with Crippen LogP contribution in [0.5, 0.6) is 0 Å². The molecule has 1 N–H and O–H groups in total. The number of nitriles is 1. The highest BCUT2D eigenvalue weighted by atomic mass is 16.5. The van der Waals surface area contributed by atoms with E-state index in [4.69, 9.17) is 10.00 Å². The molecule has 0 aliphatic heterocycles. The summed E-state index contributed by atoms with van der Waals surface area (Å²) in [6.45, 7) is 7.48. The second kappa shape index (κ2) is 8.68. The van der Waals surface area contributed by atoms with Crippen LogP contribution in [0.25, 0.3) is 0 Å². The minimum absolute atomic E-state index is 0.695. The van der Waals surface area contributed by atoms with Gasteiger partial charge in [-0.15, -0.1) is 0 Å². The van der Waals surface area contributed by atoms with Crippen LogP contribution in [-0.2, 0) is 11.3 Å². The van der Waals surface area contributed by atoms with Crippen molar-refractivity contribution >= 4 is 0 Å². The number of nitrogens with zero attached hydrogens (tertiary/aromatic N) is 1. The molecule has 0 saturated heterocycles. The number of benzene rings is 1. The van der Waals surface area contributed by atoms with E-state index in [-0.39, 0.29) is 0 Å². The third kappa shape index (κ3) is 5.81. The van der Waals surface area contributed by atoms with Crippen molar-refractivity contribution in [1.29, 1.82) is 5.26 Å². The first-order valence-electron chi connectivity index (χ1n) is 6.50. The summed E-state index contributed by atoms with van der Waals surface area (Å²) in [6, 6.07) is 9.86. The molecule has 1 aromatic rings. The van der Waals surface area contributed by atoms with Crippen LogP contribution in [0.15, 0.2) is 24.3 Å². The second-order valence-electron chi connectivity index (χ2n) is 4.74. The second-order valence-corrected chi connectivity index (χ2v) is 4.74. The molecule has 98 valence electrons. The van der Waals surface area contributed by atoms with E-state index in [9.17, 15) is 0 Å². The van der Waals surface area contributed by atoms with Crippen LogP contribution in [0, 0.1) is 17.2 Å². The molecular formula is C15H22N2O. The van der Waals surface area contributed by atoms with Crippen molar-refractivity contribution < 1.29 is 4.74 Å². The van der Waals surface area contributed by atoms with Gasteiger partial charge in [0.1, 0.15) is 0 Å². The van der Waals surface area contributed by atoms with Gasteiger partial charge in [0.15, 0.2) is 0 Å². The van der Waals surface area contributed by atoms with Crippen molar-refractivity contribution in [3.63, 3.8) is 0 Å². The van der Waals surface area contributed by atoms with Crippen LogP contribution >= 0.6 is 0 Å². The average molecular weight is 246 g/mol. The molecule has 0 aliphatic carbocycles. The lowest BCUT2D eigenvalue weighted by atomic mass is 10.1. The molecule has 0 saturated carbocycles. The molecule has 0 unspecified atom stereocenters. The van der Waals surface area contributed by atoms with Crippen LogP contribution in [0.3, 0.4) is 0 Å². The molecule has 3 nitrogen and oxygen atoms in total. The standard InChI is InChI=1S/C15H22N2O/c1-13(2)7-9-18-10-8-17-12-15-6-4-3-5-14(15)11-16/h3-6,13,17H,7-10,12H2,1-2H3. The molecular weight excluding hydrogens is 224 g/mol. The fraction of sp³-hybridized carbons (Fsp3) is 0.533. The van der Waals surface area contributed by atoms with E-state index in [1.807, 2.05) is 24.3 Å². The molecule has 0 radical (unpaired) electrons. The number of ether oxygens (including phenoxy) is 1. The molecule has 0 aromatic heterocycles. The monoisotopic (exact) mass is 246 g/mol. The molecule has 18 heavy (non-hydrogen) atoms. The van der Waals surface area contributed by atoms with Crippen LogP contribution in [0.1, 0.15) is 31.4 Å². The van der Waals surface area contributed by atoms with Gasteiger partial charge in [0.2, 0.25) is 0 Å². The summed E-state index contributed by atoms with van der Waals surface area (Å²) in [6.07, 6.45) is 1.11. The zero-order chi connectivity index (χ0) is 13.2.